The highest BCUT2D eigenvalue weighted by Gasteiger charge is 2.30. The van der Waals surface area contributed by atoms with Crippen LogP contribution in [0, 0.1) is 13.8 Å². The van der Waals surface area contributed by atoms with Gasteiger partial charge < -0.3 is 5.73 Å². The van der Waals surface area contributed by atoms with Gasteiger partial charge in [-0.25, -0.2) is 13.1 Å². The van der Waals surface area contributed by atoms with Gasteiger partial charge in [0.25, 0.3) is 0 Å². The Labute approximate surface area is 127 Å². The van der Waals surface area contributed by atoms with E-state index in [1.807, 2.05) is 6.92 Å². The molecule has 0 saturated heterocycles. The molecule has 0 amide bonds. The van der Waals surface area contributed by atoms with Crippen LogP contribution in [-0.4, -0.2) is 39.0 Å². The van der Waals surface area contributed by atoms with Gasteiger partial charge in [0, 0.05) is 24.3 Å². The van der Waals surface area contributed by atoms with Crippen molar-refractivity contribution in [2.24, 2.45) is 0 Å². The van der Waals surface area contributed by atoms with Crippen LogP contribution in [0.15, 0.2) is 17.0 Å². The number of hydrogen-bond acceptors (Lipinski definition) is 4. The van der Waals surface area contributed by atoms with Crippen molar-refractivity contribution in [3.8, 4) is 0 Å². The highest BCUT2D eigenvalue weighted by molar-refractivity contribution is 7.89. The van der Waals surface area contributed by atoms with Gasteiger partial charge >= 0.3 is 0 Å². The summed E-state index contributed by atoms with van der Waals surface area (Å²) in [6.07, 6.45) is 2.42. The minimum absolute atomic E-state index is 0.182. The van der Waals surface area contributed by atoms with E-state index in [9.17, 15) is 8.42 Å². The Bertz CT molecular complexity index is 601. The van der Waals surface area contributed by atoms with Crippen molar-refractivity contribution >= 4 is 15.7 Å². The van der Waals surface area contributed by atoms with Crippen LogP contribution >= 0.6 is 0 Å². The second kappa shape index (κ2) is 5.94. The number of benzene rings is 1. The zero-order valence-electron chi connectivity index (χ0n) is 13.2. The number of nitrogens with zero attached hydrogens (tertiary/aromatic N) is 1. The first-order valence-corrected chi connectivity index (χ1v) is 8.79. The molecule has 1 atom stereocenters. The molecule has 1 aliphatic rings. The molecule has 0 bridgehead atoms. The number of sulfonamides is 1. The van der Waals surface area contributed by atoms with Crippen molar-refractivity contribution in [3.63, 3.8) is 0 Å². The molecule has 1 aromatic carbocycles. The number of nitrogens with two attached hydrogens (primary N) is 1. The third kappa shape index (κ3) is 3.75. The number of hydrogen-bond donors (Lipinski definition) is 2. The molecule has 5 nitrogen and oxygen atoms in total. The van der Waals surface area contributed by atoms with Crippen LogP contribution in [-0.2, 0) is 10.0 Å². The normalized spacial score (nSPS) is 17.2. The Kier molecular flexibility index (Phi) is 4.60. The zero-order chi connectivity index (χ0) is 15.8. The molecule has 1 fully saturated rings. The van der Waals surface area contributed by atoms with Gasteiger partial charge in [0.1, 0.15) is 0 Å². The van der Waals surface area contributed by atoms with E-state index < -0.39 is 10.0 Å². The molecule has 0 aliphatic heterocycles. The van der Waals surface area contributed by atoms with Gasteiger partial charge in [0.15, 0.2) is 0 Å². The molecule has 6 heteroatoms. The molecular weight excluding hydrogens is 286 g/mol. The summed E-state index contributed by atoms with van der Waals surface area (Å²) >= 11 is 0. The second-order valence-electron chi connectivity index (χ2n) is 6.08. The van der Waals surface area contributed by atoms with Gasteiger partial charge in [-0.15, -0.1) is 0 Å². The Morgan fingerprint density at radius 1 is 1.33 bits per heavy atom. The number of nitrogens with one attached hydrogen (secondary N) is 1. The van der Waals surface area contributed by atoms with E-state index in [1.54, 1.807) is 26.0 Å². The predicted octanol–water partition coefficient (Wildman–Crippen LogP) is 1.65. The Morgan fingerprint density at radius 3 is 2.33 bits per heavy atom. The molecule has 3 N–H and O–H groups in total. The predicted molar refractivity (Wildman–Crippen MR) is 85.8 cm³/mol. The maximum atomic E-state index is 12.5. The molecule has 0 heterocycles. The van der Waals surface area contributed by atoms with Crippen LogP contribution in [0.4, 0.5) is 5.69 Å². The summed E-state index contributed by atoms with van der Waals surface area (Å²) in [6, 6.07) is 4.19. The van der Waals surface area contributed by atoms with Crippen molar-refractivity contribution < 1.29 is 8.42 Å². The van der Waals surface area contributed by atoms with Crippen molar-refractivity contribution in [3.05, 3.63) is 23.3 Å². The van der Waals surface area contributed by atoms with E-state index in [0.717, 1.165) is 0 Å². The Morgan fingerprint density at radius 2 is 1.86 bits per heavy atom. The number of likely N-dealkylation sites (N-methyl/N-ethyl adjacent to an activating group) is 1. The summed E-state index contributed by atoms with van der Waals surface area (Å²) < 4.78 is 27.8. The van der Waals surface area contributed by atoms with Gasteiger partial charge in [-0.3, -0.25) is 4.90 Å². The third-order valence-electron chi connectivity index (χ3n) is 4.14. The molecule has 21 heavy (non-hydrogen) atoms. The van der Waals surface area contributed by atoms with E-state index in [1.165, 1.54) is 12.8 Å². The Hall–Kier alpha value is -1.11. The minimum Gasteiger partial charge on any atom is -0.399 e. The summed E-state index contributed by atoms with van der Waals surface area (Å²) in [5, 5.41) is 0. The lowest BCUT2D eigenvalue weighted by atomic mass is 10.1. The van der Waals surface area contributed by atoms with E-state index in [2.05, 4.69) is 16.7 Å². The first-order chi connectivity index (χ1) is 9.72. The second-order valence-corrected chi connectivity index (χ2v) is 7.79. The smallest absolute Gasteiger partial charge is 0.241 e. The minimum atomic E-state index is -3.50. The van der Waals surface area contributed by atoms with Gasteiger partial charge in [-0.2, -0.15) is 0 Å². The molecule has 1 unspecified atom stereocenters. The summed E-state index contributed by atoms with van der Waals surface area (Å²) in [7, 11) is -1.45. The van der Waals surface area contributed by atoms with Crippen LogP contribution in [0.3, 0.4) is 0 Å². The van der Waals surface area contributed by atoms with Gasteiger partial charge in [0.05, 0.1) is 4.90 Å². The SMILES string of the molecule is Cc1cc(N)cc(C)c1S(=O)(=O)NCC(C)N(C)C1CC1. The molecule has 0 spiro atoms. The van der Waals surface area contributed by atoms with Gasteiger partial charge in [-0.1, -0.05) is 0 Å². The van der Waals surface area contributed by atoms with Gasteiger partial charge in [-0.05, 0) is 63.9 Å². The average molecular weight is 311 g/mol. The lowest BCUT2D eigenvalue weighted by Crippen LogP contribution is -2.41. The van der Waals surface area contributed by atoms with Gasteiger partial charge in [0.2, 0.25) is 10.0 Å². The highest BCUT2D eigenvalue weighted by atomic mass is 32.2. The maximum absolute atomic E-state index is 12.5. The molecule has 0 radical (unpaired) electrons. The van der Waals surface area contributed by atoms with Crippen LogP contribution in [0.5, 0.6) is 0 Å². The first kappa shape index (κ1) is 16.3. The van der Waals surface area contributed by atoms with Crippen LogP contribution in [0.2, 0.25) is 0 Å². The van der Waals surface area contributed by atoms with Crippen molar-refractivity contribution in [1.29, 1.82) is 0 Å². The third-order valence-corrected chi connectivity index (χ3v) is 5.87. The topological polar surface area (TPSA) is 75.4 Å². The maximum Gasteiger partial charge on any atom is 0.241 e. The summed E-state index contributed by atoms with van der Waals surface area (Å²) in [6.45, 7) is 6.01. The van der Waals surface area contributed by atoms with Crippen molar-refractivity contribution in [2.45, 2.75) is 50.6 Å². The van der Waals surface area contributed by atoms with E-state index in [-0.39, 0.29) is 6.04 Å². The quantitative estimate of drug-likeness (QED) is 0.783. The molecule has 0 aromatic heterocycles. The fraction of sp³-hybridized carbons (Fsp3) is 0.600. The van der Waals surface area contributed by atoms with Crippen molar-refractivity contribution in [1.82, 2.24) is 9.62 Å². The largest absolute Gasteiger partial charge is 0.399 e. The highest BCUT2D eigenvalue weighted by Crippen LogP contribution is 2.27. The number of nitrogen functional groups attached to an aromatic ring is 1. The number of rotatable bonds is 6. The van der Waals surface area contributed by atoms with Crippen LogP contribution in [0.1, 0.15) is 30.9 Å². The molecular formula is C15H25N3O2S. The molecule has 1 aliphatic carbocycles. The summed E-state index contributed by atoms with van der Waals surface area (Å²) in [4.78, 5) is 2.59. The lowest BCUT2D eigenvalue weighted by molar-refractivity contribution is 0.248. The van der Waals surface area contributed by atoms with Crippen LogP contribution < -0.4 is 10.5 Å². The molecule has 1 aromatic rings. The molecule has 2 rings (SSSR count). The summed E-state index contributed by atoms with van der Waals surface area (Å²) in [5.41, 5.74) is 7.71. The average Bonchev–Trinajstić information content (AvgIpc) is 3.17. The molecule has 1 saturated carbocycles. The summed E-state index contributed by atoms with van der Waals surface area (Å²) in [5.74, 6) is 0. The van der Waals surface area contributed by atoms with Crippen LogP contribution in [0.25, 0.3) is 0 Å². The Balaban J connectivity index is 2.11. The zero-order valence-corrected chi connectivity index (χ0v) is 14.0. The molecule has 118 valence electrons. The number of aryl methyl sites for hydroxylation is 2. The van der Waals surface area contributed by atoms with E-state index in [4.69, 9.17) is 5.73 Å². The lowest BCUT2D eigenvalue weighted by Gasteiger charge is -2.25. The first-order valence-electron chi connectivity index (χ1n) is 7.30. The van der Waals surface area contributed by atoms with E-state index >= 15 is 0 Å². The number of anilines is 1. The standard InChI is InChI=1S/C15H25N3O2S/c1-10-7-13(16)8-11(2)15(10)21(19,20)17-9-12(3)18(4)14-5-6-14/h7-8,12,14,17H,5-6,9,16H2,1-4H3. The van der Waals surface area contributed by atoms with Crippen molar-refractivity contribution in [2.75, 3.05) is 19.3 Å². The van der Waals surface area contributed by atoms with E-state index in [0.29, 0.717) is 34.3 Å². The fourth-order valence-corrected chi connectivity index (χ4v) is 4.27. The fourth-order valence-electron chi connectivity index (χ4n) is 2.70. The monoisotopic (exact) mass is 311 g/mol.